The number of ether oxygens (including phenoxy) is 1. The van der Waals surface area contributed by atoms with Crippen LogP contribution in [-0.4, -0.2) is 23.4 Å². The number of carbonyl (C=O) groups is 2. The van der Waals surface area contributed by atoms with Gasteiger partial charge in [-0.2, -0.15) is 0 Å². The molecule has 0 unspecified atom stereocenters. The van der Waals surface area contributed by atoms with Crippen LogP contribution in [0.2, 0.25) is 0 Å². The summed E-state index contributed by atoms with van der Waals surface area (Å²) in [6.45, 7) is 3.80. The van der Waals surface area contributed by atoms with Gasteiger partial charge in [0.05, 0.1) is 12.3 Å². The molecule has 0 amide bonds. The lowest BCUT2D eigenvalue weighted by Gasteiger charge is -2.13. The van der Waals surface area contributed by atoms with Gasteiger partial charge < -0.3 is 9.30 Å². The Morgan fingerprint density at radius 3 is 3.00 bits per heavy atom. The molecule has 0 aliphatic heterocycles. The van der Waals surface area contributed by atoms with Crippen molar-refractivity contribution in [2.75, 3.05) is 6.61 Å². The second-order valence-corrected chi connectivity index (χ2v) is 2.89. The molecule has 0 radical (unpaired) electrons. The van der Waals surface area contributed by atoms with Gasteiger partial charge in [0, 0.05) is 6.20 Å². The molecule has 1 aromatic rings. The molecule has 0 spiro atoms. The molecule has 0 saturated carbocycles. The summed E-state index contributed by atoms with van der Waals surface area (Å²) in [5.41, 5.74) is 0.477. The standard InChI is InChI=1S/C10H13NO3/c1-3-14-10(13)8(2)11-6-4-5-9(11)7-12/h4-8H,3H2,1-2H3/t8-/m0/s1. The molecule has 1 atom stereocenters. The Kier molecular flexibility index (Phi) is 3.45. The lowest BCUT2D eigenvalue weighted by Crippen LogP contribution is -2.19. The van der Waals surface area contributed by atoms with Gasteiger partial charge >= 0.3 is 5.97 Å². The maximum Gasteiger partial charge on any atom is 0.328 e. The summed E-state index contributed by atoms with van der Waals surface area (Å²) < 4.78 is 6.44. The summed E-state index contributed by atoms with van der Waals surface area (Å²) in [7, 11) is 0. The lowest BCUT2D eigenvalue weighted by atomic mass is 10.3. The van der Waals surface area contributed by atoms with Crippen molar-refractivity contribution >= 4 is 12.3 Å². The number of esters is 1. The molecule has 0 aliphatic carbocycles. The van der Waals surface area contributed by atoms with Crippen LogP contribution in [0.5, 0.6) is 0 Å². The number of aldehydes is 1. The number of aromatic nitrogens is 1. The van der Waals surface area contributed by atoms with Crippen LogP contribution in [0.4, 0.5) is 0 Å². The first kappa shape index (κ1) is 10.5. The van der Waals surface area contributed by atoms with Gasteiger partial charge in [-0.15, -0.1) is 0 Å². The minimum Gasteiger partial charge on any atom is -0.464 e. The van der Waals surface area contributed by atoms with E-state index in [0.29, 0.717) is 12.3 Å². The second kappa shape index (κ2) is 4.60. The molecule has 14 heavy (non-hydrogen) atoms. The minimum atomic E-state index is -0.454. The van der Waals surface area contributed by atoms with Crippen molar-refractivity contribution in [3.05, 3.63) is 24.0 Å². The van der Waals surface area contributed by atoms with Crippen LogP contribution in [0, 0.1) is 0 Å². The first-order valence-corrected chi connectivity index (χ1v) is 4.49. The smallest absolute Gasteiger partial charge is 0.328 e. The highest BCUT2D eigenvalue weighted by molar-refractivity contribution is 5.77. The predicted octanol–water partition coefficient (Wildman–Crippen LogP) is 1.42. The number of nitrogens with zero attached hydrogens (tertiary/aromatic N) is 1. The van der Waals surface area contributed by atoms with Crippen LogP contribution >= 0.6 is 0 Å². The Bertz CT molecular complexity index is 330. The summed E-state index contributed by atoms with van der Waals surface area (Å²) in [6.07, 6.45) is 2.40. The zero-order chi connectivity index (χ0) is 10.6. The van der Waals surface area contributed by atoms with E-state index < -0.39 is 6.04 Å². The maximum absolute atomic E-state index is 11.4. The molecule has 0 aliphatic rings. The van der Waals surface area contributed by atoms with Gasteiger partial charge in [-0.3, -0.25) is 4.79 Å². The first-order valence-electron chi connectivity index (χ1n) is 4.49. The number of hydrogen-bond acceptors (Lipinski definition) is 3. The Hall–Kier alpha value is -1.58. The van der Waals surface area contributed by atoms with Gasteiger partial charge in [0.15, 0.2) is 6.29 Å². The molecule has 4 nitrogen and oxygen atoms in total. The highest BCUT2D eigenvalue weighted by atomic mass is 16.5. The zero-order valence-electron chi connectivity index (χ0n) is 8.27. The van der Waals surface area contributed by atoms with Crippen LogP contribution in [0.3, 0.4) is 0 Å². The van der Waals surface area contributed by atoms with E-state index in [1.807, 2.05) is 0 Å². The third kappa shape index (κ3) is 2.02. The Morgan fingerprint density at radius 1 is 1.71 bits per heavy atom. The van der Waals surface area contributed by atoms with Crippen LogP contribution in [0.15, 0.2) is 18.3 Å². The fourth-order valence-corrected chi connectivity index (χ4v) is 1.24. The van der Waals surface area contributed by atoms with Gasteiger partial charge in [0.2, 0.25) is 0 Å². The lowest BCUT2D eigenvalue weighted by molar-refractivity contribution is -0.146. The predicted molar refractivity (Wildman–Crippen MR) is 51.2 cm³/mol. The quantitative estimate of drug-likeness (QED) is 0.539. The van der Waals surface area contributed by atoms with E-state index in [0.717, 1.165) is 6.29 Å². The summed E-state index contributed by atoms with van der Waals surface area (Å²) in [6, 6.07) is 2.92. The summed E-state index contributed by atoms with van der Waals surface area (Å²) in [5.74, 6) is -0.327. The Labute approximate surface area is 82.5 Å². The molecule has 0 fully saturated rings. The van der Waals surface area contributed by atoms with E-state index in [-0.39, 0.29) is 5.97 Å². The van der Waals surface area contributed by atoms with Crippen molar-refractivity contribution in [2.24, 2.45) is 0 Å². The molecule has 1 aromatic heterocycles. The molecule has 1 heterocycles. The van der Waals surface area contributed by atoms with Crippen molar-refractivity contribution < 1.29 is 14.3 Å². The SMILES string of the molecule is CCOC(=O)[C@H](C)n1cccc1C=O. The third-order valence-electron chi connectivity index (χ3n) is 1.98. The van der Waals surface area contributed by atoms with Crippen molar-refractivity contribution in [3.8, 4) is 0 Å². The van der Waals surface area contributed by atoms with Crippen LogP contribution < -0.4 is 0 Å². The number of rotatable bonds is 4. The van der Waals surface area contributed by atoms with E-state index in [1.165, 1.54) is 0 Å². The Balaban J connectivity index is 2.82. The molecule has 4 heteroatoms. The van der Waals surface area contributed by atoms with E-state index in [9.17, 15) is 9.59 Å². The number of carbonyl (C=O) groups excluding carboxylic acids is 2. The second-order valence-electron chi connectivity index (χ2n) is 2.89. The maximum atomic E-state index is 11.4. The van der Waals surface area contributed by atoms with Crippen molar-refractivity contribution in [1.82, 2.24) is 4.57 Å². The molecule has 0 saturated heterocycles. The monoisotopic (exact) mass is 195 g/mol. The van der Waals surface area contributed by atoms with Gasteiger partial charge in [0.25, 0.3) is 0 Å². The van der Waals surface area contributed by atoms with E-state index >= 15 is 0 Å². The molecule has 0 bridgehead atoms. The summed E-state index contributed by atoms with van der Waals surface area (Å²) in [5, 5.41) is 0. The van der Waals surface area contributed by atoms with E-state index in [4.69, 9.17) is 4.74 Å². The zero-order valence-corrected chi connectivity index (χ0v) is 8.27. The summed E-state index contributed by atoms with van der Waals surface area (Å²) in [4.78, 5) is 22.0. The largest absolute Gasteiger partial charge is 0.464 e. The van der Waals surface area contributed by atoms with Gasteiger partial charge in [-0.1, -0.05) is 0 Å². The molecule has 0 N–H and O–H groups in total. The topological polar surface area (TPSA) is 48.3 Å². The number of hydrogen-bond donors (Lipinski definition) is 0. The van der Waals surface area contributed by atoms with Crippen LogP contribution in [-0.2, 0) is 9.53 Å². The van der Waals surface area contributed by atoms with E-state index in [2.05, 4.69) is 0 Å². The third-order valence-corrected chi connectivity index (χ3v) is 1.98. The van der Waals surface area contributed by atoms with Gasteiger partial charge in [-0.25, -0.2) is 4.79 Å². The normalized spacial score (nSPS) is 12.1. The van der Waals surface area contributed by atoms with Gasteiger partial charge in [-0.05, 0) is 26.0 Å². The minimum absolute atomic E-state index is 0.327. The highest BCUT2D eigenvalue weighted by Gasteiger charge is 2.17. The fraction of sp³-hybridized carbons (Fsp3) is 0.400. The van der Waals surface area contributed by atoms with Crippen LogP contribution in [0.25, 0.3) is 0 Å². The molecule has 0 aromatic carbocycles. The van der Waals surface area contributed by atoms with Gasteiger partial charge in [0.1, 0.15) is 6.04 Å². The van der Waals surface area contributed by atoms with Crippen molar-refractivity contribution in [3.63, 3.8) is 0 Å². The average molecular weight is 195 g/mol. The fourth-order valence-electron chi connectivity index (χ4n) is 1.24. The first-order chi connectivity index (χ1) is 6.70. The van der Waals surface area contributed by atoms with Crippen molar-refractivity contribution in [1.29, 1.82) is 0 Å². The summed E-state index contributed by atoms with van der Waals surface area (Å²) >= 11 is 0. The van der Waals surface area contributed by atoms with E-state index in [1.54, 1.807) is 36.7 Å². The van der Waals surface area contributed by atoms with Crippen LogP contribution in [0.1, 0.15) is 30.4 Å². The highest BCUT2D eigenvalue weighted by Crippen LogP contribution is 2.11. The van der Waals surface area contributed by atoms with Crippen molar-refractivity contribution in [2.45, 2.75) is 19.9 Å². The molecular weight excluding hydrogens is 182 g/mol. The molecular formula is C10H13NO3. The average Bonchev–Trinajstić information content (AvgIpc) is 2.64. The molecule has 76 valence electrons. The Morgan fingerprint density at radius 2 is 2.43 bits per heavy atom. The molecule has 1 rings (SSSR count).